The van der Waals surface area contributed by atoms with Gasteiger partial charge in [0.15, 0.2) is 0 Å². The second-order valence-electron chi connectivity index (χ2n) is 5.50. The van der Waals surface area contributed by atoms with Crippen LogP contribution in [0.3, 0.4) is 0 Å². The van der Waals surface area contributed by atoms with Crippen molar-refractivity contribution in [3.05, 3.63) is 58.8 Å². The van der Waals surface area contributed by atoms with Crippen molar-refractivity contribution in [2.24, 2.45) is 0 Å². The number of aryl methyl sites for hydroxylation is 2. The molecule has 0 aliphatic rings. The van der Waals surface area contributed by atoms with Crippen molar-refractivity contribution in [3.8, 4) is 16.5 Å². The SMILES string of the molecule is Cc1ccc(-n2nnnc2SCc2nc(-c3cccs3)oc2C)cc1. The predicted octanol–water partition coefficient (Wildman–Crippen LogP) is 4.29. The molecule has 0 spiro atoms. The van der Waals surface area contributed by atoms with Crippen molar-refractivity contribution >= 4 is 23.1 Å². The third-order valence-corrected chi connectivity index (χ3v) is 5.47. The fourth-order valence-corrected chi connectivity index (χ4v) is 3.86. The first-order chi connectivity index (χ1) is 12.2. The molecule has 1 aromatic carbocycles. The summed E-state index contributed by atoms with van der Waals surface area (Å²) in [6.07, 6.45) is 0. The normalized spacial score (nSPS) is 11.1. The summed E-state index contributed by atoms with van der Waals surface area (Å²) in [7, 11) is 0. The van der Waals surface area contributed by atoms with E-state index in [1.165, 1.54) is 17.3 Å². The molecule has 0 aliphatic carbocycles. The van der Waals surface area contributed by atoms with Gasteiger partial charge in [0.1, 0.15) is 5.76 Å². The quantitative estimate of drug-likeness (QED) is 0.489. The third-order valence-electron chi connectivity index (χ3n) is 3.68. The molecule has 4 rings (SSSR count). The van der Waals surface area contributed by atoms with Gasteiger partial charge in [-0.05, 0) is 47.9 Å². The van der Waals surface area contributed by atoms with Crippen molar-refractivity contribution in [1.82, 2.24) is 25.2 Å². The van der Waals surface area contributed by atoms with Crippen molar-refractivity contribution in [2.45, 2.75) is 24.8 Å². The molecule has 3 heterocycles. The van der Waals surface area contributed by atoms with E-state index in [1.807, 2.05) is 48.7 Å². The molecule has 0 atom stereocenters. The molecule has 8 heteroatoms. The van der Waals surface area contributed by atoms with E-state index < -0.39 is 0 Å². The van der Waals surface area contributed by atoms with E-state index >= 15 is 0 Å². The number of oxazole rings is 1. The fourth-order valence-electron chi connectivity index (χ4n) is 2.32. The zero-order chi connectivity index (χ0) is 17.2. The lowest BCUT2D eigenvalue weighted by Crippen LogP contribution is -1.99. The second-order valence-corrected chi connectivity index (χ2v) is 7.39. The minimum atomic E-state index is 0.646. The Morgan fingerprint density at radius 3 is 2.76 bits per heavy atom. The van der Waals surface area contributed by atoms with Gasteiger partial charge in [-0.15, -0.1) is 16.4 Å². The molecular formula is C17H15N5OS2. The van der Waals surface area contributed by atoms with Crippen molar-refractivity contribution in [1.29, 1.82) is 0 Å². The van der Waals surface area contributed by atoms with E-state index in [2.05, 4.69) is 27.4 Å². The first-order valence-corrected chi connectivity index (χ1v) is 9.55. The van der Waals surface area contributed by atoms with E-state index in [-0.39, 0.29) is 0 Å². The van der Waals surface area contributed by atoms with Crippen LogP contribution in [0.1, 0.15) is 17.0 Å². The molecule has 126 valence electrons. The lowest BCUT2D eigenvalue weighted by molar-refractivity contribution is 0.542. The maximum atomic E-state index is 5.78. The monoisotopic (exact) mass is 369 g/mol. The molecule has 3 aromatic heterocycles. The van der Waals surface area contributed by atoms with Gasteiger partial charge >= 0.3 is 0 Å². The number of thioether (sulfide) groups is 1. The summed E-state index contributed by atoms with van der Waals surface area (Å²) < 4.78 is 7.52. The van der Waals surface area contributed by atoms with Crippen LogP contribution in [0.5, 0.6) is 0 Å². The Balaban J connectivity index is 1.53. The third kappa shape index (κ3) is 3.35. The Kier molecular flexibility index (Phi) is 4.37. The van der Waals surface area contributed by atoms with Crippen LogP contribution < -0.4 is 0 Å². The Bertz CT molecular complexity index is 973. The molecule has 0 fully saturated rings. The van der Waals surface area contributed by atoms with Gasteiger partial charge in [-0.1, -0.05) is 35.5 Å². The van der Waals surface area contributed by atoms with Crippen molar-refractivity contribution in [2.75, 3.05) is 0 Å². The maximum absolute atomic E-state index is 5.78. The van der Waals surface area contributed by atoms with E-state index in [0.29, 0.717) is 11.6 Å². The number of hydrogen-bond acceptors (Lipinski definition) is 7. The topological polar surface area (TPSA) is 69.6 Å². The van der Waals surface area contributed by atoms with E-state index in [9.17, 15) is 0 Å². The molecule has 0 aliphatic heterocycles. The average Bonchev–Trinajstić information content (AvgIpc) is 3.34. The molecule has 4 aromatic rings. The lowest BCUT2D eigenvalue weighted by atomic mass is 10.2. The van der Waals surface area contributed by atoms with E-state index in [1.54, 1.807) is 16.0 Å². The van der Waals surface area contributed by atoms with Crippen LogP contribution in [0, 0.1) is 13.8 Å². The van der Waals surface area contributed by atoms with Gasteiger partial charge in [-0.3, -0.25) is 0 Å². The zero-order valence-electron chi connectivity index (χ0n) is 13.7. The molecule has 0 amide bonds. The highest BCUT2D eigenvalue weighted by Gasteiger charge is 2.15. The Hall–Kier alpha value is -2.45. The fraction of sp³-hybridized carbons (Fsp3) is 0.176. The average molecular weight is 369 g/mol. The summed E-state index contributed by atoms with van der Waals surface area (Å²) in [5.41, 5.74) is 3.05. The standard InChI is InChI=1S/C17H15N5OS2/c1-11-5-7-13(8-6-11)22-17(19-20-21-22)25-10-14-12(2)23-16(18-14)15-4-3-9-24-15/h3-9H,10H2,1-2H3. The number of aromatic nitrogens is 5. The minimum Gasteiger partial charge on any atom is -0.440 e. The molecule has 0 N–H and O–H groups in total. The summed E-state index contributed by atoms with van der Waals surface area (Å²) in [6.45, 7) is 3.99. The lowest BCUT2D eigenvalue weighted by Gasteiger charge is -2.04. The number of thiophene rings is 1. The summed E-state index contributed by atoms with van der Waals surface area (Å²) in [5.74, 6) is 2.14. The van der Waals surface area contributed by atoms with Gasteiger partial charge in [0.2, 0.25) is 11.0 Å². The summed E-state index contributed by atoms with van der Waals surface area (Å²) >= 11 is 3.15. The van der Waals surface area contributed by atoms with Crippen LogP contribution in [-0.2, 0) is 5.75 Å². The molecule has 0 radical (unpaired) electrons. The summed E-state index contributed by atoms with van der Waals surface area (Å²) in [5, 5.41) is 14.8. The highest BCUT2D eigenvalue weighted by atomic mass is 32.2. The number of hydrogen-bond donors (Lipinski definition) is 0. The van der Waals surface area contributed by atoms with Crippen LogP contribution in [0.25, 0.3) is 16.5 Å². The Morgan fingerprint density at radius 1 is 1.16 bits per heavy atom. The smallest absolute Gasteiger partial charge is 0.236 e. The van der Waals surface area contributed by atoms with Crippen LogP contribution >= 0.6 is 23.1 Å². The van der Waals surface area contributed by atoms with Gasteiger partial charge in [-0.2, -0.15) is 4.68 Å². The van der Waals surface area contributed by atoms with E-state index in [4.69, 9.17) is 4.42 Å². The van der Waals surface area contributed by atoms with Gasteiger partial charge in [-0.25, -0.2) is 4.98 Å². The number of benzene rings is 1. The first-order valence-electron chi connectivity index (χ1n) is 7.69. The summed E-state index contributed by atoms with van der Waals surface area (Å²) in [4.78, 5) is 5.64. The van der Waals surface area contributed by atoms with E-state index in [0.717, 1.165) is 27.2 Å². The van der Waals surface area contributed by atoms with Gasteiger partial charge in [0, 0.05) is 5.75 Å². The zero-order valence-corrected chi connectivity index (χ0v) is 15.3. The first kappa shape index (κ1) is 16.0. The number of rotatable bonds is 5. The van der Waals surface area contributed by atoms with Crippen LogP contribution in [0.15, 0.2) is 51.4 Å². The molecule has 0 bridgehead atoms. The maximum Gasteiger partial charge on any atom is 0.236 e. The number of nitrogens with zero attached hydrogens (tertiary/aromatic N) is 5. The van der Waals surface area contributed by atoms with Gasteiger partial charge in [0.05, 0.1) is 16.3 Å². The van der Waals surface area contributed by atoms with Crippen LogP contribution in [0.2, 0.25) is 0 Å². The van der Waals surface area contributed by atoms with Gasteiger partial charge in [0.25, 0.3) is 0 Å². The highest BCUT2D eigenvalue weighted by molar-refractivity contribution is 7.98. The molecular weight excluding hydrogens is 354 g/mol. The van der Waals surface area contributed by atoms with Crippen molar-refractivity contribution in [3.63, 3.8) is 0 Å². The van der Waals surface area contributed by atoms with Crippen molar-refractivity contribution < 1.29 is 4.42 Å². The number of tetrazole rings is 1. The molecule has 0 saturated carbocycles. The molecule has 0 unspecified atom stereocenters. The highest BCUT2D eigenvalue weighted by Crippen LogP contribution is 2.29. The molecule has 25 heavy (non-hydrogen) atoms. The van der Waals surface area contributed by atoms with Crippen LogP contribution in [-0.4, -0.2) is 25.2 Å². The Morgan fingerprint density at radius 2 is 2.00 bits per heavy atom. The summed E-state index contributed by atoms with van der Waals surface area (Å²) in [6, 6.07) is 12.1. The van der Waals surface area contributed by atoms with Crippen LogP contribution in [0.4, 0.5) is 0 Å². The second kappa shape index (κ2) is 6.81. The van der Waals surface area contributed by atoms with Gasteiger partial charge < -0.3 is 4.42 Å². The molecule has 0 saturated heterocycles. The largest absolute Gasteiger partial charge is 0.440 e. The Labute approximate surface area is 152 Å². The predicted molar refractivity (Wildman–Crippen MR) is 98.0 cm³/mol. The minimum absolute atomic E-state index is 0.646. The molecule has 6 nitrogen and oxygen atoms in total.